The first-order valence-electron chi connectivity index (χ1n) is 14.2. The van der Waals surface area contributed by atoms with Gasteiger partial charge in [-0.1, -0.05) is 111 Å². The zero-order valence-corrected chi connectivity index (χ0v) is 24.0. The number of anilines is 3. The third kappa shape index (κ3) is 3.68. The fourth-order valence-electron chi connectivity index (χ4n) is 6.65. The zero-order chi connectivity index (χ0) is 27.6. The molecule has 1 aromatic heterocycles. The van der Waals surface area contributed by atoms with Crippen LogP contribution < -0.4 is 4.90 Å². The molecule has 1 aliphatic carbocycles. The van der Waals surface area contributed by atoms with Crippen LogP contribution in [0.2, 0.25) is 0 Å². The number of thiophene rings is 1. The van der Waals surface area contributed by atoms with E-state index < -0.39 is 0 Å². The largest absolute Gasteiger partial charge is 0.309 e. The lowest BCUT2D eigenvalue weighted by Gasteiger charge is -2.30. The van der Waals surface area contributed by atoms with E-state index in [0.29, 0.717) is 0 Å². The van der Waals surface area contributed by atoms with Gasteiger partial charge < -0.3 is 4.90 Å². The molecule has 196 valence electrons. The fraction of sp³-hybridized carbons (Fsp3) is 0.0769. The summed E-state index contributed by atoms with van der Waals surface area (Å²) in [4.78, 5) is 2.48. The molecule has 0 aliphatic heterocycles. The van der Waals surface area contributed by atoms with Crippen molar-refractivity contribution in [3.05, 3.63) is 151 Å². The Labute approximate surface area is 245 Å². The third-order valence-corrected chi connectivity index (χ3v) is 9.75. The van der Waals surface area contributed by atoms with E-state index in [-0.39, 0.29) is 5.41 Å². The van der Waals surface area contributed by atoms with E-state index in [1.54, 1.807) is 0 Å². The molecule has 6 aromatic carbocycles. The normalized spacial score (nSPS) is 13.3. The van der Waals surface area contributed by atoms with Crippen molar-refractivity contribution >= 4 is 48.6 Å². The molecule has 1 heterocycles. The zero-order valence-electron chi connectivity index (χ0n) is 23.1. The van der Waals surface area contributed by atoms with Crippen LogP contribution in [0.1, 0.15) is 25.0 Å². The second-order valence-electron chi connectivity index (χ2n) is 11.4. The summed E-state index contributed by atoms with van der Waals surface area (Å²) >= 11 is 1.90. The van der Waals surface area contributed by atoms with Gasteiger partial charge in [-0.05, 0) is 70.3 Å². The van der Waals surface area contributed by atoms with Gasteiger partial charge in [0.05, 0.1) is 5.69 Å². The van der Waals surface area contributed by atoms with E-state index in [9.17, 15) is 0 Å². The van der Waals surface area contributed by atoms with Crippen LogP contribution in [0.5, 0.6) is 0 Å². The molecule has 0 unspecified atom stereocenters. The highest BCUT2D eigenvalue weighted by atomic mass is 32.1. The van der Waals surface area contributed by atoms with Gasteiger partial charge in [-0.3, -0.25) is 0 Å². The van der Waals surface area contributed by atoms with Crippen molar-refractivity contribution in [2.24, 2.45) is 0 Å². The van der Waals surface area contributed by atoms with Gasteiger partial charge in [0.2, 0.25) is 0 Å². The number of rotatable bonds is 4. The summed E-state index contributed by atoms with van der Waals surface area (Å²) < 4.78 is 2.66. The summed E-state index contributed by atoms with van der Waals surface area (Å²) in [6.45, 7) is 4.79. The van der Waals surface area contributed by atoms with Crippen LogP contribution >= 0.6 is 11.3 Å². The minimum absolute atomic E-state index is 0.145. The minimum Gasteiger partial charge on any atom is -0.309 e. The number of para-hydroxylation sites is 2. The van der Waals surface area contributed by atoms with Crippen LogP contribution in [0.4, 0.5) is 17.1 Å². The van der Waals surface area contributed by atoms with Crippen molar-refractivity contribution < 1.29 is 0 Å². The number of hydrogen-bond acceptors (Lipinski definition) is 2. The molecule has 7 aromatic rings. The van der Waals surface area contributed by atoms with E-state index in [4.69, 9.17) is 0 Å². The lowest BCUT2D eigenvalue weighted by molar-refractivity contribution is 0.661. The van der Waals surface area contributed by atoms with E-state index >= 15 is 0 Å². The average molecular weight is 544 g/mol. The standard InChI is InChI=1S/C39H29NS/c1-39(2)32-24-27(26-14-6-3-7-15-26)22-23-30(32)36-33(39)25-35-37(31-20-12-13-21-34(31)41-35)38(36)40(28-16-8-4-9-17-28)29-18-10-5-11-19-29/h3-25H,1-2H3. The van der Waals surface area contributed by atoms with E-state index in [0.717, 1.165) is 11.4 Å². The average Bonchev–Trinajstić information content (AvgIpc) is 3.50. The summed E-state index contributed by atoms with van der Waals surface area (Å²) in [5.41, 5.74) is 11.4. The van der Waals surface area contributed by atoms with Crippen molar-refractivity contribution in [2.75, 3.05) is 4.90 Å². The van der Waals surface area contributed by atoms with Crippen LogP contribution in [0.15, 0.2) is 140 Å². The quantitative estimate of drug-likeness (QED) is 0.213. The SMILES string of the molecule is CC1(C)c2cc(-c3ccccc3)ccc2-c2c1cc1sc3ccccc3c1c2N(c1ccccc1)c1ccccc1. The molecule has 1 nitrogen and oxygen atoms in total. The van der Waals surface area contributed by atoms with Gasteiger partial charge in [-0.15, -0.1) is 11.3 Å². The first-order valence-corrected chi connectivity index (χ1v) is 15.0. The first-order chi connectivity index (χ1) is 20.1. The second kappa shape index (κ2) is 9.19. The second-order valence-corrected chi connectivity index (χ2v) is 12.5. The van der Waals surface area contributed by atoms with Crippen LogP contribution in [0, 0.1) is 0 Å². The molecule has 0 atom stereocenters. The number of nitrogens with zero attached hydrogens (tertiary/aromatic N) is 1. The highest BCUT2D eigenvalue weighted by Gasteiger charge is 2.40. The predicted octanol–water partition coefficient (Wildman–Crippen LogP) is 11.5. The van der Waals surface area contributed by atoms with Gasteiger partial charge in [0.1, 0.15) is 0 Å². The maximum absolute atomic E-state index is 2.48. The van der Waals surface area contributed by atoms with E-state index in [1.165, 1.54) is 59.2 Å². The van der Waals surface area contributed by atoms with E-state index in [2.05, 4.69) is 158 Å². The Morgan fingerprint density at radius 1 is 0.537 bits per heavy atom. The van der Waals surface area contributed by atoms with Crippen molar-refractivity contribution in [1.29, 1.82) is 0 Å². The fourth-order valence-corrected chi connectivity index (χ4v) is 7.80. The molecule has 2 heteroatoms. The van der Waals surface area contributed by atoms with Gasteiger partial charge in [-0.2, -0.15) is 0 Å². The Bertz CT molecular complexity index is 2010. The number of hydrogen-bond donors (Lipinski definition) is 0. The lowest BCUT2D eigenvalue weighted by Crippen LogP contribution is -2.16. The highest BCUT2D eigenvalue weighted by molar-refractivity contribution is 7.26. The summed E-state index contributed by atoms with van der Waals surface area (Å²) in [5.74, 6) is 0. The molecule has 0 spiro atoms. The van der Waals surface area contributed by atoms with Crippen molar-refractivity contribution in [1.82, 2.24) is 0 Å². The molecule has 0 amide bonds. The van der Waals surface area contributed by atoms with Crippen molar-refractivity contribution in [2.45, 2.75) is 19.3 Å². The molecular formula is C39H29NS. The molecular weight excluding hydrogens is 515 g/mol. The van der Waals surface area contributed by atoms with Gasteiger partial charge in [0, 0.05) is 42.5 Å². The lowest BCUT2D eigenvalue weighted by atomic mass is 9.81. The molecule has 41 heavy (non-hydrogen) atoms. The molecule has 0 saturated carbocycles. The Morgan fingerprint density at radius 3 is 1.83 bits per heavy atom. The third-order valence-electron chi connectivity index (χ3n) is 8.64. The molecule has 0 saturated heterocycles. The minimum atomic E-state index is -0.145. The molecule has 0 N–H and O–H groups in total. The number of fused-ring (bicyclic) bond motifs is 6. The molecule has 0 radical (unpaired) electrons. The van der Waals surface area contributed by atoms with Crippen molar-refractivity contribution in [3.8, 4) is 22.3 Å². The molecule has 8 rings (SSSR count). The van der Waals surface area contributed by atoms with Gasteiger partial charge in [0.25, 0.3) is 0 Å². The predicted molar refractivity (Wildman–Crippen MR) is 177 cm³/mol. The Kier molecular flexibility index (Phi) is 5.42. The number of benzene rings is 6. The summed E-state index contributed by atoms with van der Waals surface area (Å²) in [6.07, 6.45) is 0. The van der Waals surface area contributed by atoms with E-state index in [1.807, 2.05) is 11.3 Å². The van der Waals surface area contributed by atoms with Gasteiger partial charge >= 0.3 is 0 Å². The Balaban J connectivity index is 1.52. The Morgan fingerprint density at radius 2 is 1.15 bits per heavy atom. The van der Waals surface area contributed by atoms with Crippen molar-refractivity contribution in [3.63, 3.8) is 0 Å². The van der Waals surface area contributed by atoms with Gasteiger partial charge in [0.15, 0.2) is 0 Å². The highest BCUT2D eigenvalue weighted by Crippen LogP contribution is 2.59. The van der Waals surface area contributed by atoms with Crippen LogP contribution in [-0.2, 0) is 5.41 Å². The summed E-state index contributed by atoms with van der Waals surface area (Å²) in [5, 5.41) is 2.64. The Hall–Kier alpha value is -4.66. The smallest absolute Gasteiger partial charge is 0.0636 e. The molecule has 0 bridgehead atoms. The first kappa shape index (κ1) is 24.2. The van der Waals surface area contributed by atoms with Gasteiger partial charge in [-0.25, -0.2) is 0 Å². The van der Waals surface area contributed by atoms with Crippen LogP contribution in [0.25, 0.3) is 42.4 Å². The van der Waals surface area contributed by atoms with Crippen LogP contribution in [0.3, 0.4) is 0 Å². The summed E-state index contributed by atoms with van der Waals surface area (Å²) in [7, 11) is 0. The maximum atomic E-state index is 2.48. The maximum Gasteiger partial charge on any atom is 0.0636 e. The monoisotopic (exact) mass is 543 g/mol. The molecule has 1 aliphatic rings. The van der Waals surface area contributed by atoms with Crippen LogP contribution in [-0.4, -0.2) is 0 Å². The molecule has 0 fully saturated rings. The topological polar surface area (TPSA) is 3.24 Å². The summed E-state index contributed by atoms with van der Waals surface area (Å²) in [6, 6.07) is 50.9.